The number of β-amino-alcohol motifs (C(OH)–C–C–N with tert-alkyl or cyclic N) is 1. The fourth-order valence-corrected chi connectivity index (χ4v) is 2.86. The Labute approximate surface area is 118 Å². The van der Waals surface area contributed by atoms with E-state index in [0.717, 1.165) is 18.6 Å². The van der Waals surface area contributed by atoms with Crippen LogP contribution in [0.4, 0.5) is 0 Å². The summed E-state index contributed by atoms with van der Waals surface area (Å²) in [6.45, 7) is 1.48. The molecule has 2 aliphatic rings. The standard InChI is InChI=1S/C14H21N3O3/c1-16(2)8-14(19)5-6-17(9-14)13(18)11-7-12(20-15-11)10-3-4-10/h7,10,19H,3-6,8-9H2,1-2H3. The summed E-state index contributed by atoms with van der Waals surface area (Å²) in [6.07, 6.45) is 2.84. The third-order valence-corrected chi connectivity index (χ3v) is 3.96. The molecule has 1 aromatic rings. The van der Waals surface area contributed by atoms with Crippen LogP contribution in [0, 0.1) is 0 Å². The van der Waals surface area contributed by atoms with E-state index in [4.69, 9.17) is 4.52 Å². The molecule has 1 aliphatic heterocycles. The van der Waals surface area contributed by atoms with Crippen LogP contribution in [-0.2, 0) is 0 Å². The smallest absolute Gasteiger partial charge is 0.276 e. The first-order valence-corrected chi connectivity index (χ1v) is 7.10. The van der Waals surface area contributed by atoms with E-state index in [1.807, 2.05) is 19.0 Å². The van der Waals surface area contributed by atoms with Crippen molar-refractivity contribution in [1.82, 2.24) is 15.0 Å². The minimum Gasteiger partial charge on any atom is -0.387 e. The van der Waals surface area contributed by atoms with Gasteiger partial charge in [0.25, 0.3) is 5.91 Å². The molecule has 6 heteroatoms. The highest BCUT2D eigenvalue weighted by Gasteiger charge is 2.39. The molecule has 1 aliphatic carbocycles. The van der Waals surface area contributed by atoms with E-state index in [1.54, 1.807) is 11.0 Å². The number of carbonyl (C=O) groups excluding carboxylic acids is 1. The minimum absolute atomic E-state index is 0.143. The van der Waals surface area contributed by atoms with Gasteiger partial charge in [0.15, 0.2) is 5.69 Å². The summed E-state index contributed by atoms with van der Waals surface area (Å²) in [5, 5.41) is 14.3. The second-order valence-corrected chi connectivity index (χ2v) is 6.33. The largest absolute Gasteiger partial charge is 0.387 e. The number of rotatable bonds is 4. The Morgan fingerprint density at radius 1 is 1.60 bits per heavy atom. The van der Waals surface area contributed by atoms with Crippen LogP contribution in [0.2, 0.25) is 0 Å². The van der Waals surface area contributed by atoms with Crippen molar-refractivity contribution in [2.75, 3.05) is 33.7 Å². The van der Waals surface area contributed by atoms with Crippen LogP contribution in [0.1, 0.15) is 41.4 Å². The van der Waals surface area contributed by atoms with Gasteiger partial charge in [-0.3, -0.25) is 4.79 Å². The highest BCUT2D eigenvalue weighted by atomic mass is 16.5. The lowest BCUT2D eigenvalue weighted by molar-refractivity contribution is 0.0234. The number of hydrogen-bond acceptors (Lipinski definition) is 5. The molecule has 1 N–H and O–H groups in total. The van der Waals surface area contributed by atoms with Crippen LogP contribution < -0.4 is 0 Å². The molecule has 2 fully saturated rings. The minimum atomic E-state index is -0.817. The zero-order valence-electron chi connectivity index (χ0n) is 12.0. The number of hydrogen-bond donors (Lipinski definition) is 1. The van der Waals surface area contributed by atoms with Crippen LogP contribution in [0.15, 0.2) is 10.6 Å². The molecular formula is C14H21N3O3. The Bertz CT molecular complexity index is 510. The Morgan fingerprint density at radius 2 is 2.35 bits per heavy atom. The van der Waals surface area contributed by atoms with Crippen molar-refractivity contribution in [3.8, 4) is 0 Å². The lowest BCUT2D eigenvalue weighted by Gasteiger charge is -2.26. The van der Waals surface area contributed by atoms with Gasteiger partial charge in [-0.05, 0) is 33.4 Å². The molecule has 1 unspecified atom stereocenters. The highest BCUT2D eigenvalue weighted by Crippen LogP contribution is 2.40. The predicted molar refractivity (Wildman–Crippen MR) is 72.5 cm³/mol. The van der Waals surface area contributed by atoms with E-state index in [1.165, 1.54) is 0 Å². The van der Waals surface area contributed by atoms with Crippen LogP contribution in [0.25, 0.3) is 0 Å². The zero-order chi connectivity index (χ0) is 14.3. The van der Waals surface area contributed by atoms with Crippen molar-refractivity contribution < 1.29 is 14.4 Å². The predicted octanol–water partition coefficient (Wildman–Crippen LogP) is 0.691. The first-order chi connectivity index (χ1) is 9.47. The van der Waals surface area contributed by atoms with Crippen LogP contribution >= 0.6 is 0 Å². The van der Waals surface area contributed by atoms with Gasteiger partial charge in [-0.2, -0.15) is 0 Å². The normalized spacial score (nSPS) is 26.5. The molecule has 0 bridgehead atoms. The van der Waals surface area contributed by atoms with Crippen LogP contribution in [-0.4, -0.2) is 65.3 Å². The monoisotopic (exact) mass is 279 g/mol. The lowest BCUT2D eigenvalue weighted by Crippen LogP contribution is -2.43. The molecule has 6 nitrogen and oxygen atoms in total. The molecule has 1 saturated heterocycles. The van der Waals surface area contributed by atoms with Gasteiger partial charge in [0.2, 0.25) is 0 Å². The fourth-order valence-electron chi connectivity index (χ4n) is 2.86. The van der Waals surface area contributed by atoms with E-state index in [0.29, 0.717) is 37.7 Å². The molecule has 110 valence electrons. The van der Waals surface area contributed by atoms with E-state index in [2.05, 4.69) is 5.16 Å². The topological polar surface area (TPSA) is 69.8 Å². The Hall–Kier alpha value is -1.40. The van der Waals surface area contributed by atoms with Gasteiger partial charge in [-0.1, -0.05) is 5.16 Å². The Kier molecular flexibility index (Phi) is 3.30. The second kappa shape index (κ2) is 4.86. The molecule has 1 atom stereocenters. The highest BCUT2D eigenvalue weighted by molar-refractivity contribution is 5.92. The SMILES string of the molecule is CN(C)CC1(O)CCN(C(=O)c2cc(C3CC3)on2)C1. The summed E-state index contributed by atoms with van der Waals surface area (Å²) in [7, 11) is 3.84. The molecular weight excluding hydrogens is 258 g/mol. The van der Waals surface area contributed by atoms with Crippen LogP contribution in [0.5, 0.6) is 0 Å². The molecule has 0 aromatic carbocycles. The average Bonchev–Trinajstić information content (AvgIpc) is 2.97. The summed E-state index contributed by atoms with van der Waals surface area (Å²) in [4.78, 5) is 16.0. The van der Waals surface area contributed by atoms with Crippen molar-refractivity contribution in [2.45, 2.75) is 30.8 Å². The zero-order valence-corrected chi connectivity index (χ0v) is 12.0. The molecule has 1 saturated carbocycles. The fraction of sp³-hybridized carbons (Fsp3) is 0.714. The summed E-state index contributed by atoms with van der Waals surface area (Å²) in [5.41, 5.74) is -0.455. The maximum Gasteiger partial charge on any atom is 0.276 e. The van der Waals surface area contributed by atoms with Gasteiger partial charge >= 0.3 is 0 Å². The molecule has 2 heterocycles. The first kappa shape index (κ1) is 13.6. The van der Waals surface area contributed by atoms with Gasteiger partial charge in [0, 0.05) is 25.1 Å². The molecule has 3 rings (SSSR count). The third-order valence-electron chi connectivity index (χ3n) is 3.96. The van der Waals surface area contributed by atoms with Crippen molar-refractivity contribution >= 4 is 5.91 Å². The molecule has 20 heavy (non-hydrogen) atoms. The van der Waals surface area contributed by atoms with E-state index >= 15 is 0 Å². The summed E-state index contributed by atoms with van der Waals surface area (Å²) < 4.78 is 5.22. The summed E-state index contributed by atoms with van der Waals surface area (Å²) in [6, 6.07) is 1.75. The van der Waals surface area contributed by atoms with Crippen molar-refractivity contribution in [2.24, 2.45) is 0 Å². The quantitative estimate of drug-likeness (QED) is 0.878. The van der Waals surface area contributed by atoms with Gasteiger partial charge < -0.3 is 19.4 Å². The summed E-state index contributed by atoms with van der Waals surface area (Å²) >= 11 is 0. The number of aromatic nitrogens is 1. The van der Waals surface area contributed by atoms with Crippen LogP contribution in [0.3, 0.4) is 0 Å². The maximum absolute atomic E-state index is 12.4. The number of likely N-dealkylation sites (N-methyl/N-ethyl adjacent to an activating group) is 1. The third kappa shape index (κ3) is 2.71. The van der Waals surface area contributed by atoms with E-state index in [9.17, 15) is 9.90 Å². The van der Waals surface area contributed by atoms with E-state index < -0.39 is 5.60 Å². The van der Waals surface area contributed by atoms with Gasteiger partial charge in [-0.15, -0.1) is 0 Å². The van der Waals surface area contributed by atoms with Crippen molar-refractivity contribution in [3.05, 3.63) is 17.5 Å². The van der Waals surface area contributed by atoms with Crippen molar-refractivity contribution in [1.29, 1.82) is 0 Å². The Balaban J connectivity index is 1.65. The number of likely N-dealkylation sites (tertiary alicyclic amines) is 1. The number of aliphatic hydroxyl groups is 1. The second-order valence-electron chi connectivity index (χ2n) is 6.33. The van der Waals surface area contributed by atoms with E-state index in [-0.39, 0.29) is 5.91 Å². The average molecular weight is 279 g/mol. The molecule has 0 radical (unpaired) electrons. The Morgan fingerprint density at radius 3 is 3.00 bits per heavy atom. The molecule has 1 amide bonds. The molecule has 0 spiro atoms. The molecule has 1 aromatic heterocycles. The van der Waals surface area contributed by atoms with Gasteiger partial charge in [0.1, 0.15) is 5.76 Å². The number of carbonyl (C=O) groups is 1. The number of nitrogens with zero attached hydrogens (tertiary/aromatic N) is 3. The van der Waals surface area contributed by atoms with Gasteiger partial charge in [0.05, 0.1) is 12.1 Å². The van der Waals surface area contributed by atoms with Crippen molar-refractivity contribution in [3.63, 3.8) is 0 Å². The first-order valence-electron chi connectivity index (χ1n) is 7.10. The lowest BCUT2D eigenvalue weighted by atomic mass is 10.0. The number of amides is 1. The summed E-state index contributed by atoms with van der Waals surface area (Å²) in [5.74, 6) is 1.12. The maximum atomic E-state index is 12.4. The van der Waals surface area contributed by atoms with Gasteiger partial charge in [-0.25, -0.2) is 0 Å².